The van der Waals surface area contributed by atoms with E-state index in [-0.39, 0.29) is 0 Å². The molecular formula is C14H18N2OS. The molecule has 0 atom stereocenters. The van der Waals surface area contributed by atoms with E-state index in [0.29, 0.717) is 0 Å². The van der Waals surface area contributed by atoms with Crippen LogP contribution in [0.25, 0.3) is 10.4 Å². The summed E-state index contributed by atoms with van der Waals surface area (Å²) in [7, 11) is 3.64. The van der Waals surface area contributed by atoms with Crippen molar-refractivity contribution in [1.29, 1.82) is 0 Å². The number of aromatic nitrogens is 1. The molecule has 0 saturated heterocycles. The van der Waals surface area contributed by atoms with Crippen molar-refractivity contribution in [3.63, 3.8) is 0 Å². The predicted octanol–water partition coefficient (Wildman–Crippen LogP) is 3.15. The van der Waals surface area contributed by atoms with Gasteiger partial charge in [0.05, 0.1) is 12.0 Å². The van der Waals surface area contributed by atoms with E-state index < -0.39 is 0 Å². The summed E-state index contributed by atoms with van der Waals surface area (Å²) in [5, 5.41) is 4.23. The van der Waals surface area contributed by atoms with Crippen molar-refractivity contribution in [2.24, 2.45) is 0 Å². The number of hydrogen-bond donors (Lipinski definition) is 1. The Bertz CT molecular complexity index is 549. The number of methoxy groups -OCH3 is 1. The Morgan fingerprint density at radius 2 is 2.06 bits per heavy atom. The van der Waals surface area contributed by atoms with Crippen LogP contribution in [-0.4, -0.2) is 19.1 Å². The molecule has 0 amide bonds. The Morgan fingerprint density at radius 3 is 2.72 bits per heavy atom. The molecule has 0 aliphatic rings. The summed E-state index contributed by atoms with van der Waals surface area (Å²) in [6.45, 7) is 5.04. The van der Waals surface area contributed by atoms with Gasteiger partial charge in [-0.25, -0.2) is 4.98 Å². The highest BCUT2D eigenvalue weighted by atomic mass is 32.1. The molecule has 4 heteroatoms. The largest absolute Gasteiger partial charge is 0.496 e. The van der Waals surface area contributed by atoms with E-state index in [1.165, 1.54) is 21.6 Å². The van der Waals surface area contributed by atoms with E-state index in [2.05, 4.69) is 30.2 Å². The quantitative estimate of drug-likeness (QED) is 0.919. The number of thiazole rings is 1. The van der Waals surface area contributed by atoms with Crippen LogP contribution in [0, 0.1) is 13.8 Å². The lowest BCUT2D eigenvalue weighted by Crippen LogP contribution is -2.03. The molecule has 96 valence electrons. The zero-order chi connectivity index (χ0) is 13.1. The third-order valence-corrected chi connectivity index (χ3v) is 4.14. The molecule has 0 aliphatic heterocycles. The molecule has 18 heavy (non-hydrogen) atoms. The first-order chi connectivity index (χ1) is 8.67. The number of rotatable bonds is 4. The van der Waals surface area contributed by atoms with Gasteiger partial charge < -0.3 is 10.1 Å². The zero-order valence-corrected chi connectivity index (χ0v) is 12.0. The van der Waals surface area contributed by atoms with Gasteiger partial charge in [0, 0.05) is 12.7 Å². The van der Waals surface area contributed by atoms with Crippen molar-refractivity contribution in [2.45, 2.75) is 20.4 Å². The fourth-order valence-corrected chi connectivity index (χ4v) is 2.96. The minimum absolute atomic E-state index is 0.818. The normalized spacial score (nSPS) is 10.7. The van der Waals surface area contributed by atoms with Gasteiger partial charge in [0.2, 0.25) is 0 Å². The number of nitrogens with zero attached hydrogens (tertiary/aromatic N) is 1. The van der Waals surface area contributed by atoms with Crippen molar-refractivity contribution < 1.29 is 4.74 Å². The maximum absolute atomic E-state index is 5.34. The second kappa shape index (κ2) is 5.50. The average Bonchev–Trinajstić information content (AvgIpc) is 2.81. The second-order valence-corrected chi connectivity index (χ2v) is 5.33. The highest BCUT2D eigenvalue weighted by Crippen LogP contribution is 2.33. The van der Waals surface area contributed by atoms with Crippen molar-refractivity contribution in [2.75, 3.05) is 14.2 Å². The summed E-state index contributed by atoms with van der Waals surface area (Å²) in [4.78, 5) is 5.63. The highest BCUT2D eigenvalue weighted by molar-refractivity contribution is 7.15. The van der Waals surface area contributed by atoms with E-state index in [1.54, 1.807) is 18.4 Å². The highest BCUT2D eigenvalue weighted by Gasteiger charge is 2.11. The summed E-state index contributed by atoms with van der Waals surface area (Å²) in [6, 6.07) is 4.13. The van der Waals surface area contributed by atoms with E-state index in [9.17, 15) is 0 Å². The molecule has 0 bridgehead atoms. The van der Waals surface area contributed by atoms with Crippen LogP contribution in [0.4, 0.5) is 0 Å². The van der Waals surface area contributed by atoms with Crippen molar-refractivity contribution >= 4 is 11.3 Å². The molecule has 0 aliphatic carbocycles. The Morgan fingerprint density at radius 1 is 1.28 bits per heavy atom. The lowest BCUT2D eigenvalue weighted by molar-refractivity contribution is 0.411. The number of hydrogen-bond acceptors (Lipinski definition) is 4. The smallest absolute Gasteiger partial charge is 0.122 e. The third-order valence-electron chi connectivity index (χ3n) is 3.10. The van der Waals surface area contributed by atoms with Crippen LogP contribution in [0.1, 0.15) is 16.1 Å². The van der Waals surface area contributed by atoms with Crippen molar-refractivity contribution in [3.8, 4) is 16.2 Å². The van der Waals surface area contributed by atoms with E-state index >= 15 is 0 Å². The minimum Gasteiger partial charge on any atom is -0.496 e. The average molecular weight is 262 g/mol. The maximum atomic E-state index is 5.34. The van der Waals surface area contributed by atoms with Gasteiger partial charge in [0.15, 0.2) is 0 Å². The van der Waals surface area contributed by atoms with Gasteiger partial charge in [-0.05, 0) is 49.7 Å². The summed E-state index contributed by atoms with van der Waals surface area (Å²) in [5.41, 5.74) is 3.70. The number of nitrogens with one attached hydrogen (secondary N) is 1. The monoisotopic (exact) mass is 262 g/mol. The fourth-order valence-electron chi connectivity index (χ4n) is 1.95. The molecule has 0 spiro atoms. The van der Waals surface area contributed by atoms with E-state index in [4.69, 9.17) is 4.74 Å². The van der Waals surface area contributed by atoms with Crippen LogP contribution >= 0.6 is 11.3 Å². The molecule has 1 heterocycles. The lowest BCUT2D eigenvalue weighted by Gasteiger charge is -2.11. The molecular weight excluding hydrogens is 244 g/mol. The summed E-state index contributed by atoms with van der Waals surface area (Å²) in [5.74, 6) is 0.941. The van der Waals surface area contributed by atoms with Gasteiger partial charge in [-0.1, -0.05) is 0 Å². The predicted molar refractivity (Wildman–Crippen MR) is 76.3 cm³/mol. The summed E-state index contributed by atoms with van der Waals surface area (Å²) in [6.07, 6.45) is 1.95. The fraction of sp³-hybridized carbons (Fsp3) is 0.357. The standard InChI is InChI=1S/C14H18N2OS/c1-9-10(2)12(17-4)6-5-11(9)13-7-16-14(18-13)8-15-3/h5-7,15H,8H2,1-4H3. The van der Waals surface area contributed by atoms with Crippen LogP contribution in [0.15, 0.2) is 18.3 Å². The molecule has 1 aromatic heterocycles. The van der Waals surface area contributed by atoms with Crippen LogP contribution < -0.4 is 10.1 Å². The number of benzene rings is 1. The van der Waals surface area contributed by atoms with Crippen LogP contribution in [0.5, 0.6) is 5.75 Å². The van der Waals surface area contributed by atoms with Gasteiger partial charge in [-0.2, -0.15) is 0 Å². The molecule has 0 saturated carbocycles. The van der Waals surface area contributed by atoms with Gasteiger partial charge in [-0.3, -0.25) is 0 Å². The first-order valence-corrected chi connectivity index (χ1v) is 6.73. The van der Waals surface area contributed by atoms with Crippen LogP contribution in [0.2, 0.25) is 0 Å². The Kier molecular flexibility index (Phi) is 3.99. The van der Waals surface area contributed by atoms with E-state index in [1.807, 2.05) is 19.3 Å². The molecule has 2 aromatic rings. The van der Waals surface area contributed by atoms with Crippen LogP contribution in [-0.2, 0) is 6.54 Å². The van der Waals surface area contributed by atoms with E-state index in [0.717, 1.165) is 17.3 Å². The zero-order valence-electron chi connectivity index (χ0n) is 11.2. The molecule has 3 nitrogen and oxygen atoms in total. The molecule has 0 radical (unpaired) electrons. The molecule has 0 unspecified atom stereocenters. The Balaban J connectivity index is 2.41. The topological polar surface area (TPSA) is 34.2 Å². The molecule has 1 aromatic carbocycles. The lowest BCUT2D eigenvalue weighted by atomic mass is 10.0. The van der Waals surface area contributed by atoms with Crippen LogP contribution in [0.3, 0.4) is 0 Å². The summed E-state index contributed by atoms with van der Waals surface area (Å²) < 4.78 is 5.34. The van der Waals surface area contributed by atoms with Gasteiger partial charge in [-0.15, -0.1) is 11.3 Å². The molecule has 0 fully saturated rings. The third kappa shape index (κ3) is 2.40. The SMILES string of the molecule is CNCc1ncc(-c2ccc(OC)c(C)c2C)s1. The van der Waals surface area contributed by atoms with Gasteiger partial charge >= 0.3 is 0 Å². The second-order valence-electron chi connectivity index (χ2n) is 4.21. The van der Waals surface area contributed by atoms with Crippen molar-refractivity contribution in [1.82, 2.24) is 10.3 Å². The minimum atomic E-state index is 0.818. The first-order valence-electron chi connectivity index (χ1n) is 5.91. The molecule has 2 rings (SSSR count). The summed E-state index contributed by atoms with van der Waals surface area (Å²) >= 11 is 1.73. The Labute approximate surface area is 112 Å². The Hall–Kier alpha value is -1.39. The molecule has 1 N–H and O–H groups in total. The van der Waals surface area contributed by atoms with Gasteiger partial charge in [0.1, 0.15) is 10.8 Å². The number of ether oxygens (including phenoxy) is 1. The first kappa shape index (κ1) is 13.1. The maximum Gasteiger partial charge on any atom is 0.122 e. The van der Waals surface area contributed by atoms with Gasteiger partial charge in [0.25, 0.3) is 0 Å². The van der Waals surface area contributed by atoms with Crippen molar-refractivity contribution in [3.05, 3.63) is 34.5 Å².